The van der Waals surface area contributed by atoms with Crippen molar-refractivity contribution in [2.75, 3.05) is 0 Å². The van der Waals surface area contributed by atoms with Crippen molar-refractivity contribution in [3.8, 4) is 0 Å². The van der Waals surface area contributed by atoms with Crippen LogP contribution in [0.1, 0.15) is 33.0 Å². The van der Waals surface area contributed by atoms with Crippen molar-refractivity contribution < 1.29 is 13.6 Å². The van der Waals surface area contributed by atoms with Crippen molar-refractivity contribution in [3.63, 3.8) is 0 Å². The second kappa shape index (κ2) is 7.68. The summed E-state index contributed by atoms with van der Waals surface area (Å²) in [6.45, 7) is 4.81. The van der Waals surface area contributed by atoms with Crippen LogP contribution in [0.15, 0.2) is 74.2 Å². The molecule has 0 N–H and O–H groups in total. The number of hydrogen-bond acceptors (Lipinski definition) is 3. The van der Waals surface area contributed by atoms with Gasteiger partial charge in [0.1, 0.15) is 11.3 Å². The normalized spacial score (nSPS) is 11.1. The van der Waals surface area contributed by atoms with Crippen LogP contribution in [-0.4, -0.2) is 10.8 Å². The van der Waals surface area contributed by atoms with Crippen LogP contribution in [-0.2, 0) is 13.1 Å². The Bertz CT molecular complexity index is 1110. The lowest BCUT2D eigenvalue weighted by atomic mass is 10.1. The van der Waals surface area contributed by atoms with E-state index in [1.165, 1.54) is 5.56 Å². The van der Waals surface area contributed by atoms with Gasteiger partial charge in [0.15, 0.2) is 5.76 Å². The van der Waals surface area contributed by atoms with E-state index in [-0.39, 0.29) is 5.91 Å². The minimum atomic E-state index is -0.151. The van der Waals surface area contributed by atoms with Gasteiger partial charge in [0, 0.05) is 22.0 Å². The summed E-state index contributed by atoms with van der Waals surface area (Å²) < 4.78 is 12.4. The number of furan rings is 2. The fourth-order valence-corrected chi connectivity index (χ4v) is 3.61. The third-order valence-corrected chi connectivity index (χ3v) is 5.29. The predicted octanol–water partition coefficient (Wildman–Crippen LogP) is 6.25. The number of fused-ring (bicyclic) bond motifs is 1. The molecule has 0 saturated heterocycles. The number of carbonyl (C=O) groups is 1. The van der Waals surface area contributed by atoms with Crippen molar-refractivity contribution in [2.24, 2.45) is 0 Å². The number of nitrogens with zero attached hydrogens (tertiary/aromatic N) is 1. The van der Waals surface area contributed by atoms with Crippen LogP contribution in [0.3, 0.4) is 0 Å². The average molecular weight is 438 g/mol. The highest BCUT2D eigenvalue weighted by Gasteiger charge is 2.24. The van der Waals surface area contributed by atoms with Gasteiger partial charge in [-0.25, -0.2) is 0 Å². The maximum Gasteiger partial charge on any atom is 0.290 e. The molecule has 2 aromatic carbocycles. The minimum absolute atomic E-state index is 0.151. The highest BCUT2D eigenvalue weighted by molar-refractivity contribution is 9.10. The molecule has 0 atom stereocenters. The molecule has 2 heterocycles. The summed E-state index contributed by atoms with van der Waals surface area (Å²) in [6, 6.07) is 17.6. The molecule has 0 spiro atoms. The Morgan fingerprint density at radius 2 is 1.82 bits per heavy atom. The van der Waals surface area contributed by atoms with Crippen LogP contribution >= 0.6 is 15.9 Å². The van der Waals surface area contributed by atoms with Gasteiger partial charge in [0.05, 0.1) is 12.8 Å². The molecule has 0 aliphatic carbocycles. The Balaban J connectivity index is 1.69. The second-order valence-corrected chi connectivity index (χ2v) is 7.84. The summed E-state index contributed by atoms with van der Waals surface area (Å²) in [5.41, 5.74) is 3.79. The summed E-state index contributed by atoms with van der Waals surface area (Å²) in [5, 5.41) is 0.936. The summed E-state index contributed by atoms with van der Waals surface area (Å²) in [4.78, 5) is 15.1. The van der Waals surface area contributed by atoms with Gasteiger partial charge in [-0.2, -0.15) is 0 Å². The van der Waals surface area contributed by atoms with Gasteiger partial charge >= 0.3 is 0 Å². The Morgan fingerprint density at radius 1 is 1.04 bits per heavy atom. The van der Waals surface area contributed by atoms with Gasteiger partial charge in [-0.1, -0.05) is 45.8 Å². The third kappa shape index (κ3) is 3.76. The van der Waals surface area contributed by atoms with Crippen LogP contribution in [0, 0.1) is 13.8 Å². The Hall–Kier alpha value is -2.79. The number of carbonyl (C=O) groups excluding carboxylic acids is 1. The van der Waals surface area contributed by atoms with E-state index in [1.54, 1.807) is 11.2 Å². The molecule has 4 aromatic rings. The molecule has 4 rings (SSSR count). The standard InChI is InChI=1S/C23H20BrNO3/c1-15-5-7-17(8-6-15)13-25(14-19-4-3-11-27-19)23(26)22-16(2)20-12-18(24)9-10-21(20)28-22/h3-12H,13-14H2,1-2H3. The first kappa shape index (κ1) is 18.6. The zero-order valence-corrected chi connectivity index (χ0v) is 17.3. The van der Waals surface area contributed by atoms with E-state index in [0.717, 1.165) is 26.7 Å². The van der Waals surface area contributed by atoms with E-state index in [9.17, 15) is 4.79 Å². The molecule has 142 valence electrons. The summed E-state index contributed by atoms with van der Waals surface area (Å²) in [7, 11) is 0. The lowest BCUT2D eigenvalue weighted by Gasteiger charge is -2.21. The molecular weight excluding hydrogens is 418 g/mol. The van der Waals surface area contributed by atoms with E-state index >= 15 is 0 Å². The highest BCUT2D eigenvalue weighted by atomic mass is 79.9. The smallest absolute Gasteiger partial charge is 0.290 e. The number of benzene rings is 2. The predicted molar refractivity (Wildman–Crippen MR) is 112 cm³/mol. The van der Waals surface area contributed by atoms with E-state index < -0.39 is 0 Å². The SMILES string of the molecule is Cc1ccc(CN(Cc2ccco2)C(=O)c2oc3ccc(Br)cc3c2C)cc1. The van der Waals surface area contributed by atoms with Crippen molar-refractivity contribution in [1.29, 1.82) is 0 Å². The molecule has 0 aliphatic rings. The van der Waals surface area contributed by atoms with E-state index in [0.29, 0.717) is 24.4 Å². The lowest BCUT2D eigenvalue weighted by molar-refractivity contribution is 0.0686. The molecular formula is C23H20BrNO3. The second-order valence-electron chi connectivity index (χ2n) is 6.92. The van der Waals surface area contributed by atoms with Crippen LogP contribution in [0.4, 0.5) is 0 Å². The van der Waals surface area contributed by atoms with E-state index in [2.05, 4.69) is 28.1 Å². The van der Waals surface area contributed by atoms with E-state index in [4.69, 9.17) is 8.83 Å². The maximum atomic E-state index is 13.4. The van der Waals surface area contributed by atoms with Crippen molar-refractivity contribution >= 4 is 32.8 Å². The third-order valence-electron chi connectivity index (χ3n) is 4.80. The molecule has 1 amide bonds. The molecule has 28 heavy (non-hydrogen) atoms. The fourth-order valence-electron chi connectivity index (χ4n) is 3.24. The number of rotatable bonds is 5. The fraction of sp³-hybridized carbons (Fsp3) is 0.174. The monoisotopic (exact) mass is 437 g/mol. The molecule has 2 aromatic heterocycles. The minimum Gasteiger partial charge on any atom is -0.467 e. The maximum absolute atomic E-state index is 13.4. The summed E-state index contributed by atoms with van der Waals surface area (Å²) >= 11 is 3.48. The van der Waals surface area contributed by atoms with E-state index in [1.807, 2.05) is 56.3 Å². The largest absolute Gasteiger partial charge is 0.467 e. The molecule has 0 bridgehead atoms. The highest BCUT2D eigenvalue weighted by Crippen LogP contribution is 2.29. The van der Waals surface area contributed by atoms with Crippen LogP contribution in [0.5, 0.6) is 0 Å². The molecule has 0 saturated carbocycles. The van der Waals surface area contributed by atoms with Gasteiger partial charge in [0.25, 0.3) is 5.91 Å². The summed E-state index contributed by atoms with van der Waals surface area (Å²) in [5.74, 6) is 0.950. The molecule has 5 heteroatoms. The Morgan fingerprint density at radius 3 is 2.54 bits per heavy atom. The van der Waals surface area contributed by atoms with Crippen molar-refractivity contribution in [3.05, 3.63) is 93.5 Å². The van der Waals surface area contributed by atoms with Gasteiger partial charge in [-0.05, 0) is 49.7 Å². The lowest BCUT2D eigenvalue weighted by Crippen LogP contribution is -2.30. The Kier molecular flexibility index (Phi) is 5.09. The van der Waals surface area contributed by atoms with Crippen molar-refractivity contribution in [1.82, 2.24) is 4.90 Å². The van der Waals surface area contributed by atoms with Gasteiger partial charge < -0.3 is 13.7 Å². The first-order valence-electron chi connectivity index (χ1n) is 9.07. The molecule has 0 fully saturated rings. The molecule has 0 radical (unpaired) electrons. The van der Waals surface area contributed by atoms with Crippen molar-refractivity contribution in [2.45, 2.75) is 26.9 Å². The van der Waals surface area contributed by atoms with Gasteiger partial charge in [-0.15, -0.1) is 0 Å². The quantitative estimate of drug-likeness (QED) is 0.370. The number of halogens is 1. The average Bonchev–Trinajstić information content (AvgIpc) is 3.31. The first-order valence-corrected chi connectivity index (χ1v) is 9.86. The number of aryl methyl sites for hydroxylation is 2. The van der Waals surface area contributed by atoms with Gasteiger partial charge in [-0.3, -0.25) is 4.79 Å². The Labute approximate surface area is 171 Å². The first-order chi connectivity index (χ1) is 13.5. The molecule has 4 nitrogen and oxygen atoms in total. The van der Waals surface area contributed by atoms with Crippen LogP contribution in [0.2, 0.25) is 0 Å². The topological polar surface area (TPSA) is 46.6 Å². The van der Waals surface area contributed by atoms with Crippen LogP contribution in [0.25, 0.3) is 11.0 Å². The summed E-state index contributed by atoms with van der Waals surface area (Å²) in [6.07, 6.45) is 1.62. The zero-order chi connectivity index (χ0) is 19.7. The zero-order valence-electron chi connectivity index (χ0n) is 15.7. The van der Waals surface area contributed by atoms with Crippen LogP contribution < -0.4 is 0 Å². The molecule has 0 unspecified atom stereocenters. The number of hydrogen-bond donors (Lipinski definition) is 0. The number of amides is 1. The molecule has 0 aliphatic heterocycles. The van der Waals surface area contributed by atoms with Gasteiger partial charge in [0.2, 0.25) is 0 Å².